The predicted octanol–water partition coefficient (Wildman–Crippen LogP) is 4.73. The Kier molecular flexibility index (Phi) is 5.36. The van der Waals surface area contributed by atoms with Crippen LogP contribution in [-0.2, 0) is 11.3 Å². The van der Waals surface area contributed by atoms with Gasteiger partial charge in [-0.15, -0.1) is 0 Å². The molecule has 0 spiro atoms. The Morgan fingerprint density at radius 3 is 2.85 bits per heavy atom. The van der Waals surface area contributed by atoms with Crippen molar-refractivity contribution in [3.05, 3.63) is 69.5 Å². The van der Waals surface area contributed by atoms with Crippen LogP contribution in [0.3, 0.4) is 0 Å². The zero-order valence-electron chi connectivity index (χ0n) is 13.9. The lowest BCUT2D eigenvalue weighted by atomic mass is 10.1. The van der Waals surface area contributed by atoms with Crippen LogP contribution < -0.4 is 0 Å². The summed E-state index contributed by atoms with van der Waals surface area (Å²) in [4.78, 5) is 6.78. The van der Waals surface area contributed by atoms with Crippen LogP contribution in [-0.4, -0.2) is 34.7 Å². The molecule has 0 aliphatic carbocycles. The van der Waals surface area contributed by atoms with E-state index in [9.17, 15) is 0 Å². The van der Waals surface area contributed by atoms with Crippen LogP contribution in [0.1, 0.15) is 17.6 Å². The number of rotatable bonds is 4. The third kappa shape index (κ3) is 4.15. The maximum absolute atomic E-state index is 5.93. The molecule has 1 aromatic heterocycles. The third-order valence-electron chi connectivity index (χ3n) is 4.30. The summed E-state index contributed by atoms with van der Waals surface area (Å²) in [6, 6.07) is 15.6. The number of aromatic nitrogens is 2. The summed E-state index contributed by atoms with van der Waals surface area (Å²) in [5.74, 6) is 1.18. The highest BCUT2D eigenvalue weighted by Crippen LogP contribution is 2.26. The fourth-order valence-corrected chi connectivity index (χ4v) is 3.52. The normalized spacial score (nSPS) is 18.2. The molecular weight excluding hydrogens is 418 g/mol. The second kappa shape index (κ2) is 7.88. The highest BCUT2D eigenvalue weighted by atomic mass is 79.9. The van der Waals surface area contributed by atoms with Gasteiger partial charge in [0.2, 0.25) is 11.7 Å². The molecule has 5 nitrogen and oxygen atoms in total. The second-order valence-electron chi connectivity index (χ2n) is 6.17. The Labute approximate surface area is 165 Å². The van der Waals surface area contributed by atoms with Crippen LogP contribution in [0.2, 0.25) is 5.02 Å². The van der Waals surface area contributed by atoms with Gasteiger partial charge in [-0.3, -0.25) is 4.90 Å². The zero-order chi connectivity index (χ0) is 17.9. The minimum absolute atomic E-state index is 0.0416. The largest absolute Gasteiger partial charge is 0.371 e. The summed E-state index contributed by atoms with van der Waals surface area (Å²) in [6.07, 6.45) is 0.0416. The van der Waals surface area contributed by atoms with Gasteiger partial charge in [0.15, 0.2) is 0 Å². The van der Waals surface area contributed by atoms with Crippen molar-refractivity contribution in [2.24, 2.45) is 0 Å². The molecule has 1 aliphatic rings. The van der Waals surface area contributed by atoms with E-state index in [-0.39, 0.29) is 6.10 Å². The lowest BCUT2D eigenvalue weighted by molar-refractivity contribution is -0.0356. The maximum Gasteiger partial charge on any atom is 0.241 e. The summed E-state index contributed by atoms with van der Waals surface area (Å²) in [5.41, 5.74) is 2.05. The Morgan fingerprint density at radius 1 is 1.19 bits per heavy atom. The average molecular weight is 435 g/mol. The topological polar surface area (TPSA) is 51.4 Å². The fourth-order valence-electron chi connectivity index (χ4n) is 2.98. The van der Waals surface area contributed by atoms with E-state index in [2.05, 4.69) is 43.1 Å². The molecule has 26 heavy (non-hydrogen) atoms. The van der Waals surface area contributed by atoms with Gasteiger partial charge in [-0.05, 0) is 42.0 Å². The Hall–Kier alpha value is -1.73. The number of benzene rings is 2. The van der Waals surface area contributed by atoms with Gasteiger partial charge >= 0.3 is 0 Å². The van der Waals surface area contributed by atoms with E-state index in [4.69, 9.17) is 20.9 Å². The number of hydrogen-bond acceptors (Lipinski definition) is 5. The number of morpholine rings is 1. The van der Waals surface area contributed by atoms with Gasteiger partial charge in [-0.1, -0.05) is 44.8 Å². The molecule has 4 rings (SSSR count). The third-order valence-corrected chi connectivity index (χ3v) is 5.05. The van der Waals surface area contributed by atoms with Crippen molar-refractivity contribution in [1.29, 1.82) is 0 Å². The summed E-state index contributed by atoms with van der Waals surface area (Å²) in [5, 5.41) is 4.76. The molecule has 7 heteroatoms. The van der Waals surface area contributed by atoms with E-state index < -0.39 is 0 Å². The van der Waals surface area contributed by atoms with E-state index in [1.165, 1.54) is 0 Å². The molecule has 1 saturated heterocycles. The van der Waals surface area contributed by atoms with Gasteiger partial charge in [-0.2, -0.15) is 4.98 Å². The molecular formula is C19H17BrClN3O2. The van der Waals surface area contributed by atoms with Crippen LogP contribution in [0.5, 0.6) is 0 Å². The average Bonchev–Trinajstić information content (AvgIpc) is 3.11. The van der Waals surface area contributed by atoms with Crippen LogP contribution in [0.15, 0.2) is 57.5 Å². The van der Waals surface area contributed by atoms with Crippen molar-refractivity contribution in [3.8, 4) is 11.4 Å². The van der Waals surface area contributed by atoms with Gasteiger partial charge in [0.05, 0.1) is 19.3 Å². The monoisotopic (exact) mass is 433 g/mol. The van der Waals surface area contributed by atoms with Crippen LogP contribution >= 0.6 is 27.5 Å². The SMILES string of the molecule is Clc1ccc(-c2noc(CN3CCOC(c4cccc(Br)c4)C3)n2)cc1. The molecule has 1 fully saturated rings. The van der Waals surface area contributed by atoms with Gasteiger partial charge in [0.1, 0.15) is 0 Å². The molecule has 134 valence electrons. The minimum Gasteiger partial charge on any atom is -0.371 e. The smallest absolute Gasteiger partial charge is 0.241 e. The van der Waals surface area contributed by atoms with E-state index >= 15 is 0 Å². The molecule has 0 N–H and O–H groups in total. The van der Waals surface area contributed by atoms with Crippen molar-refractivity contribution in [1.82, 2.24) is 15.0 Å². The Bertz CT molecular complexity index is 885. The quantitative estimate of drug-likeness (QED) is 0.594. The lowest BCUT2D eigenvalue weighted by Gasteiger charge is -2.32. The molecule has 0 saturated carbocycles. The molecule has 0 amide bonds. The first kappa shape index (κ1) is 17.7. The summed E-state index contributed by atoms with van der Waals surface area (Å²) in [7, 11) is 0. The number of hydrogen-bond donors (Lipinski definition) is 0. The van der Waals surface area contributed by atoms with E-state index in [1.807, 2.05) is 36.4 Å². The number of nitrogens with zero attached hydrogens (tertiary/aromatic N) is 3. The Morgan fingerprint density at radius 2 is 2.04 bits per heavy atom. The molecule has 0 bridgehead atoms. The van der Waals surface area contributed by atoms with Crippen molar-refractivity contribution in [2.45, 2.75) is 12.6 Å². The lowest BCUT2D eigenvalue weighted by Crippen LogP contribution is -2.37. The maximum atomic E-state index is 5.93. The van der Waals surface area contributed by atoms with Gasteiger partial charge in [0, 0.05) is 28.1 Å². The van der Waals surface area contributed by atoms with Crippen molar-refractivity contribution in [3.63, 3.8) is 0 Å². The number of ether oxygens (including phenoxy) is 1. The van der Waals surface area contributed by atoms with Crippen LogP contribution in [0.4, 0.5) is 0 Å². The first-order valence-corrected chi connectivity index (χ1v) is 9.52. The van der Waals surface area contributed by atoms with Gasteiger partial charge in [0.25, 0.3) is 0 Å². The molecule has 1 aliphatic heterocycles. The van der Waals surface area contributed by atoms with E-state index in [0.717, 1.165) is 28.7 Å². The van der Waals surface area contributed by atoms with Gasteiger partial charge < -0.3 is 9.26 Å². The molecule has 3 aromatic rings. The predicted molar refractivity (Wildman–Crippen MR) is 103 cm³/mol. The number of halogens is 2. The van der Waals surface area contributed by atoms with Crippen molar-refractivity contribution in [2.75, 3.05) is 19.7 Å². The molecule has 1 unspecified atom stereocenters. The molecule has 2 aromatic carbocycles. The highest BCUT2D eigenvalue weighted by molar-refractivity contribution is 9.10. The minimum atomic E-state index is 0.0416. The van der Waals surface area contributed by atoms with Gasteiger partial charge in [-0.25, -0.2) is 0 Å². The van der Waals surface area contributed by atoms with Crippen molar-refractivity contribution < 1.29 is 9.26 Å². The molecule has 2 heterocycles. The second-order valence-corrected chi connectivity index (χ2v) is 7.52. The van der Waals surface area contributed by atoms with Crippen LogP contribution in [0, 0.1) is 0 Å². The summed E-state index contributed by atoms with van der Waals surface area (Å²) >= 11 is 9.44. The van der Waals surface area contributed by atoms with Crippen molar-refractivity contribution >= 4 is 27.5 Å². The van der Waals surface area contributed by atoms with Crippen LogP contribution in [0.25, 0.3) is 11.4 Å². The molecule has 0 radical (unpaired) electrons. The Balaban J connectivity index is 1.43. The summed E-state index contributed by atoms with van der Waals surface area (Å²) in [6.45, 7) is 2.90. The first-order valence-electron chi connectivity index (χ1n) is 8.35. The summed E-state index contributed by atoms with van der Waals surface area (Å²) < 4.78 is 12.4. The molecule has 1 atom stereocenters. The zero-order valence-corrected chi connectivity index (χ0v) is 16.3. The fraction of sp³-hybridized carbons (Fsp3) is 0.263. The van der Waals surface area contributed by atoms with E-state index in [0.29, 0.717) is 29.9 Å². The van der Waals surface area contributed by atoms with E-state index in [1.54, 1.807) is 0 Å². The standard InChI is InChI=1S/C19H17BrClN3O2/c20-15-3-1-2-14(10-15)17-11-24(8-9-25-17)12-18-22-19(23-26-18)13-4-6-16(21)7-5-13/h1-7,10,17H,8-9,11-12H2. The first-order chi connectivity index (χ1) is 12.7. The highest BCUT2D eigenvalue weighted by Gasteiger charge is 2.23.